The summed E-state index contributed by atoms with van der Waals surface area (Å²) < 4.78 is 31.2. The molecule has 1 fully saturated rings. The Kier molecular flexibility index (Phi) is 5.59. The fraction of sp³-hybridized carbons (Fsp3) is 0.467. The number of hydrogen-bond acceptors (Lipinski definition) is 5. The minimum Gasteiger partial charge on any atom is -0.307 e. The van der Waals surface area contributed by atoms with E-state index in [0.29, 0.717) is 42.6 Å². The van der Waals surface area contributed by atoms with E-state index in [2.05, 4.69) is 10.00 Å². The molecule has 0 radical (unpaired) electrons. The number of rotatable bonds is 5. The molecular formula is C15H20ClN5O2S2. The fourth-order valence-electron chi connectivity index (χ4n) is 2.74. The van der Waals surface area contributed by atoms with E-state index in [-0.39, 0.29) is 4.90 Å². The van der Waals surface area contributed by atoms with E-state index in [1.54, 1.807) is 35.3 Å². The third kappa shape index (κ3) is 3.95. The van der Waals surface area contributed by atoms with Crippen molar-refractivity contribution >= 4 is 33.8 Å². The molecule has 0 N–H and O–H groups in total. The maximum Gasteiger partial charge on any atom is 0.243 e. The van der Waals surface area contributed by atoms with Crippen molar-refractivity contribution in [2.75, 3.05) is 26.2 Å². The predicted molar refractivity (Wildman–Crippen MR) is 98.5 cm³/mol. The van der Waals surface area contributed by atoms with Gasteiger partial charge in [0.15, 0.2) is 4.77 Å². The average Bonchev–Trinajstić information content (AvgIpc) is 2.96. The van der Waals surface area contributed by atoms with Crippen LogP contribution in [-0.4, -0.2) is 58.1 Å². The van der Waals surface area contributed by atoms with Crippen LogP contribution in [0.1, 0.15) is 6.92 Å². The molecule has 25 heavy (non-hydrogen) atoms. The highest BCUT2D eigenvalue weighted by Crippen LogP contribution is 2.20. The number of sulfonamides is 1. The van der Waals surface area contributed by atoms with Crippen LogP contribution >= 0.6 is 23.8 Å². The molecule has 1 saturated heterocycles. The molecule has 1 aromatic carbocycles. The number of piperazine rings is 1. The highest BCUT2D eigenvalue weighted by Gasteiger charge is 2.28. The SMILES string of the molecule is CCn1cnn(CN2CCN(S(=O)(=O)c3ccc(Cl)cc3)CC2)c1=S. The minimum atomic E-state index is -3.48. The molecule has 1 aliphatic rings. The standard InChI is InChI=1S/C15H20ClN5O2S2/c1-2-19-11-17-21(15(19)24)12-18-7-9-20(10-8-18)25(22,23)14-5-3-13(16)4-6-14/h3-6,11H,2,7-10,12H2,1H3. The number of hydrogen-bond donors (Lipinski definition) is 0. The first-order valence-corrected chi connectivity index (χ1v) is 10.2. The van der Waals surface area contributed by atoms with Crippen LogP contribution in [0.3, 0.4) is 0 Å². The highest BCUT2D eigenvalue weighted by atomic mass is 35.5. The summed E-state index contributed by atoms with van der Waals surface area (Å²) in [4.78, 5) is 2.42. The summed E-state index contributed by atoms with van der Waals surface area (Å²) in [5, 5.41) is 4.81. The Morgan fingerprint density at radius 1 is 1.16 bits per heavy atom. The molecule has 1 aliphatic heterocycles. The summed E-state index contributed by atoms with van der Waals surface area (Å²) in [5.74, 6) is 0. The lowest BCUT2D eigenvalue weighted by Gasteiger charge is -2.33. The van der Waals surface area contributed by atoms with E-state index < -0.39 is 10.0 Å². The van der Waals surface area contributed by atoms with Crippen LogP contribution in [0.2, 0.25) is 5.02 Å². The van der Waals surface area contributed by atoms with Crippen LogP contribution < -0.4 is 0 Å². The van der Waals surface area contributed by atoms with Gasteiger partial charge in [-0.1, -0.05) is 11.6 Å². The van der Waals surface area contributed by atoms with Gasteiger partial charge in [0.1, 0.15) is 6.33 Å². The molecule has 0 unspecified atom stereocenters. The summed E-state index contributed by atoms with van der Waals surface area (Å²) >= 11 is 11.2. The van der Waals surface area contributed by atoms with E-state index >= 15 is 0 Å². The number of halogens is 1. The van der Waals surface area contributed by atoms with Crippen molar-refractivity contribution in [2.24, 2.45) is 0 Å². The first kappa shape index (κ1) is 18.5. The Labute approximate surface area is 157 Å². The third-order valence-corrected chi connectivity index (χ3v) is 6.86. The predicted octanol–water partition coefficient (Wildman–Crippen LogP) is 2.05. The molecule has 10 heteroatoms. The van der Waals surface area contributed by atoms with Gasteiger partial charge in [-0.25, -0.2) is 13.1 Å². The molecule has 7 nitrogen and oxygen atoms in total. The number of aromatic nitrogens is 3. The molecule has 2 aromatic rings. The molecule has 1 aromatic heterocycles. The van der Waals surface area contributed by atoms with E-state index in [1.807, 2.05) is 11.5 Å². The van der Waals surface area contributed by atoms with Crippen LogP contribution in [-0.2, 0) is 23.2 Å². The Morgan fingerprint density at radius 2 is 1.80 bits per heavy atom. The van der Waals surface area contributed by atoms with Crippen molar-refractivity contribution in [2.45, 2.75) is 25.0 Å². The molecule has 0 bridgehead atoms. The second-order valence-electron chi connectivity index (χ2n) is 5.82. The number of aryl methyl sites for hydroxylation is 1. The Bertz CT molecular complexity index is 883. The van der Waals surface area contributed by atoms with Crippen LogP contribution in [0.5, 0.6) is 0 Å². The van der Waals surface area contributed by atoms with Crippen molar-refractivity contribution in [3.05, 3.63) is 40.4 Å². The van der Waals surface area contributed by atoms with Gasteiger partial charge in [0.05, 0.1) is 11.6 Å². The van der Waals surface area contributed by atoms with Crippen molar-refractivity contribution in [3.8, 4) is 0 Å². The van der Waals surface area contributed by atoms with Gasteiger partial charge >= 0.3 is 0 Å². The molecule has 2 heterocycles. The maximum absolute atomic E-state index is 12.7. The molecule has 0 aliphatic carbocycles. The second kappa shape index (κ2) is 7.55. The maximum atomic E-state index is 12.7. The normalized spacial score (nSPS) is 17.0. The van der Waals surface area contributed by atoms with Crippen molar-refractivity contribution in [1.82, 2.24) is 23.6 Å². The highest BCUT2D eigenvalue weighted by molar-refractivity contribution is 7.89. The van der Waals surface area contributed by atoms with Gasteiger partial charge in [0.25, 0.3) is 0 Å². The van der Waals surface area contributed by atoms with Gasteiger partial charge in [-0.05, 0) is 43.4 Å². The zero-order chi connectivity index (χ0) is 18.0. The second-order valence-corrected chi connectivity index (χ2v) is 8.56. The molecule has 0 spiro atoms. The van der Waals surface area contributed by atoms with Gasteiger partial charge in [-0.2, -0.15) is 9.40 Å². The van der Waals surface area contributed by atoms with Crippen LogP contribution in [0.15, 0.2) is 35.5 Å². The number of nitrogens with zero attached hydrogens (tertiary/aromatic N) is 5. The first-order chi connectivity index (χ1) is 11.9. The Morgan fingerprint density at radius 3 is 2.36 bits per heavy atom. The quantitative estimate of drug-likeness (QED) is 0.717. The minimum absolute atomic E-state index is 0.272. The Hall–Kier alpha value is -1.26. The topological polar surface area (TPSA) is 63.4 Å². The lowest BCUT2D eigenvalue weighted by Crippen LogP contribution is -2.48. The lowest BCUT2D eigenvalue weighted by atomic mass is 10.4. The monoisotopic (exact) mass is 401 g/mol. The summed E-state index contributed by atoms with van der Waals surface area (Å²) in [5.41, 5.74) is 0. The lowest BCUT2D eigenvalue weighted by molar-refractivity contribution is 0.144. The molecule has 0 saturated carbocycles. The van der Waals surface area contributed by atoms with Crippen molar-refractivity contribution < 1.29 is 8.42 Å². The van der Waals surface area contributed by atoms with Gasteiger partial charge < -0.3 is 4.57 Å². The van der Waals surface area contributed by atoms with Crippen LogP contribution in [0, 0.1) is 4.77 Å². The number of benzene rings is 1. The molecular weight excluding hydrogens is 382 g/mol. The summed E-state index contributed by atoms with van der Waals surface area (Å²) in [6, 6.07) is 6.27. The smallest absolute Gasteiger partial charge is 0.243 e. The largest absolute Gasteiger partial charge is 0.307 e. The summed E-state index contributed by atoms with van der Waals surface area (Å²) in [6.45, 7) is 5.51. The van der Waals surface area contributed by atoms with Gasteiger partial charge in [-0.15, -0.1) is 0 Å². The van der Waals surface area contributed by atoms with Gasteiger partial charge in [-0.3, -0.25) is 4.90 Å². The average molecular weight is 402 g/mol. The van der Waals surface area contributed by atoms with Gasteiger partial charge in [0, 0.05) is 37.7 Å². The zero-order valence-electron chi connectivity index (χ0n) is 13.9. The van der Waals surface area contributed by atoms with E-state index in [1.165, 1.54) is 4.31 Å². The van der Waals surface area contributed by atoms with Gasteiger partial charge in [0.2, 0.25) is 10.0 Å². The van der Waals surface area contributed by atoms with Crippen molar-refractivity contribution in [3.63, 3.8) is 0 Å². The van der Waals surface area contributed by atoms with E-state index in [0.717, 1.165) is 6.54 Å². The summed E-state index contributed by atoms with van der Waals surface area (Å²) in [6.07, 6.45) is 1.73. The molecule has 0 amide bonds. The molecule has 0 atom stereocenters. The van der Waals surface area contributed by atoms with Crippen LogP contribution in [0.4, 0.5) is 0 Å². The molecule has 136 valence electrons. The third-order valence-electron chi connectivity index (χ3n) is 4.25. The fourth-order valence-corrected chi connectivity index (χ4v) is 4.57. The van der Waals surface area contributed by atoms with E-state index in [4.69, 9.17) is 23.8 Å². The zero-order valence-corrected chi connectivity index (χ0v) is 16.3. The summed E-state index contributed by atoms with van der Waals surface area (Å²) in [7, 11) is -3.48. The van der Waals surface area contributed by atoms with Crippen LogP contribution in [0.25, 0.3) is 0 Å². The van der Waals surface area contributed by atoms with E-state index in [9.17, 15) is 8.42 Å². The first-order valence-electron chi connectivity index (χ1n) is 8.02. The van der Waals surface area contributed by atoms with Crippen molar-refractivity contribution in [1.29, 1.82) is 0 Å². The Balaban J connectivity index is 1.64. The molecule has 3 rings (SSSR count).